The van der Waals surface area contributed by atoms with Gasteiger partial charge in [-0.05, 0) is 62.4 Å². The van der Waals surface area contributed by atoms with Crippen LogP contribution in [0.4, 0.5) is 15.8 Å². The molecule has 4 aromatic rings. The summed E-state index contributed by atoms with van der Waals surface area (Å²) in [5, 5.41) is 27.5. The fourth-order valence-corrected chi connectivity index (χ4v) is 5.46. The van der Waals surface area contributed by atoms with Gasteiger partial charge < -0.3 is 21.8 Å². The molecule has 0 radical (unpaired) electrons. The van der Waals surface area contributed by atoms with Crippen LogP contribution in [0.3, 0.4) is 0 Å². The van der Waals surface area contributed by atoms with Crippen LogP contribution in [0.25, 0.3) is 28.0 Å². The molecule has 4 rings (SSSR count). The average molecular weight is 656 g/mol. The van der Waals surface area contributed by atoms with E-state index in [1.807, 2.05) is 20.8 Å². The Bertz CT molecular complexity index is 1850. The quantitative estimate of drug-likeness (QED) is 0.0456. The van der Waals surface area contributed by atoms with Crippen molar-refractivity contribution in [2.75, 3.05) is 13.1 Å². The molecule has 46 heavy (non-hydrogen) atoms. The molecule has 0 saturated heterocycles. The Kier molecular flexibility index (Phi) is 10.7. The molecule has 0 saturated carbocycles. The second-order valence-electron chi connectivity index (χ2n) is 11.3. The van der Waals surface area contributed by atoms with E-state index in [0.717, 1.165) is 23.0 Å². The number of benzene rings is 2. The number of guanidine groups is 1. The molecule has 0 unspecified atom stereocenters. The number of halogens is 2. The number of hydrogen-bond acceptors (Lipinski definition) is 8. The molecular formula is C30H35ClFN9O5. The average Bonchev–Trinajstić information content (AvgIpc) is 3.35. The third-order valence-electron chi connectivity index (χ3n) is 7.53. The maximum Gasteiger partial charge on any atom is 0.354 e. The smallest absolute Gasteiger partial charge is 0.354 e. The molecule has 0 aliphatic heterocycles. The molecule has 0 bridgehead atoms. The summed E-state index contributed by atoms with van der Waals surface area (Å²) in [5.74, 6) is -0.833. The van der Waals surface area contributed by atoms with Crippen molar-refractivity contribution in [3.63, 3.8) is 0 Å². The fourth-order valence-electron chi connectivity index (χ4n) is 5.24. The van der Waals surface area contributed by atoms with Crippen molar-refractivity contribution in [2.24, 2.45) is 22.4 Å². The van der Waals surface area contributed by atoms with Gasteiger partial charge in [-0.25, -0.2) is 9.18 Å². The van der Waals surface area contributed by atoms with Crippen molar-refractivity contribution < 1.29 is 14.2 Å². The summed E-state index contributed by atoms with van der Waals surface area (Å²) in [4.78, 5) is 46.7. The van der Waals surface area contributed by atoms with Gasteiger partial charge in [0.2, 0.25) is 0 Å². The number of nitro benzene ring substituents is 1. The second-order valence-corrected chi connectivity index (χ2v) is 11.7. The van der Waals surface area contributed by atoms with Gasteiger partial charge in [0.25, 0.3) is 5.69 Å². The third-order valence-corrected chi connectivity index (χ3v) is 7.80. The van der Waals surface area contributed by atoms with Gasteiger partial charge in [-0.15, -0.1) is 0 Å². The number of nitrogens with two attached hydrogens (primary N) is 2. The zero-order chi connectivity index (χ0) is 33.7. The predicted octanol–water partition coefficient (Wildman–Crippen LogP) is 5.28. The number of hydrogen-bond donors (Lipinski definition) is 4. The number of aromatic amines is 1. The van der Waals surface area contributed by atoms with Gasteiger partial charge in [-0.3, -0.25) is 29.8 Å². The lowest BCUT2D eigenvalue weighted by Gasteiger charge is -2.15. The number of nitrogens with one attached hydrogen (secondary N) is 2. The van der Waals surface area contributed by atoms with E-state index in [-0.39, 0.29) is 35.0 Å². The lowest BCUT2D eigenvalue weighted by molar-refractivity contribution is -0.386. The van der Waals surface area contributed by atoms with Gasteiger partial charge in [0.15, 0.2) is 17.4 Å². The Balaban J connectivity index is 1.76. The Labute approximate surface area is 268 Å². The van der Waals surface area contributed by atoms with Crippen molar-refractivity contribution in [1.82, 2.24) is 19.9 Å². The number of aliphatic imine (C=N–C) groups is 1. The zero-order valence-electron chi connectivity index (χ0n) is 25.5. The fraction of sp³-hybridized carbons (Fsp3) is 0.367. The van der Waals surface area contributed by atoms with Gasteiger partial charge in [-0.1, -0.05) is 44.0 Å². The van der Waals surface area contributed by atoms with Crippen molar-refractivity contribution in [3.05, 3.63) is 89.2 Å². The number of aryl methyl sites for hydroxylation is 1. The van der Waals surface area contributed by atoms with Crippen LogP contribution >= 0.6 is 11.6 Å². The number of nitro groups is 2. The van der Waals surface area contributed by atoms with Crippen LogP contribution in [0.15, 0.2) is 46.3 Å². The predicted molar refractivity (Wildman–Crippen MR) is 175 cm³/mol. The Hall–Kier alpha value is -4.89. The van der Waals surface area contributed by atoms with Gasteiger partial charge in [0, 0.05) is 24.3 Å². The van der Waals surface area contributed by atoms with Crippen molar-refractivity contribution in [1.29, 1.82) is 0 Å². The maximum atomic E-state index is 15.6. The SMILES string of the molecule is CC(C)CCCc1cc(Cl)c(F)c(-c2[nH]c3nc(=O)n(-c4ccc([C@H](C)NCCCN=C(N)N)cc4)cc3c2[N+](=O)[O-])c1[N+](=O)[O-]. The normalized spacial score (nSPS) is 12.0. The molecule has 0 aliphatic carbocycles. The molecule has 0 amide bonds. The van der Waals surface area contributed by atoms with Gasteiger partial charge in [0.1, 0.15) is 16.6 Å². The first-order chi connectivity index (χ1) is 21.8. The number of rotatable bonds is 14. The van der Waals surface area contributed by atoms with Crippen molar-refractivity contribution in [2.45, 2.75) is 52.5 Å². The highest BCUT2D eigenvalue weighted by atomic mass is 35.5. The summed E-state index contributed by atoms with van der Waals surface area (Å²) in [7, 11) is 0. The Morgan fingerprint density at radius 1 is 1.13 bits per heavy atom. The Morgan fingerprint density at radius 3 is 2.41 bits per heavy atom. The monoisotopic (exact) mass is 655 g/mol. The Morgan fingerprint density at radius 2 is 1.80 bits per heavy atom. The molecule has 0 fully saturated rings. The number of nitrogens with zero attached hydrogens (tertiary/aromatic N) is 5. The van der Waals surface area contributed by atoms with Crippen LogP contribution in [0.5, 0.6) is 0 Å². The molecule has 14 nitrogen and oxygen atoms in total. The highest BCUT2D eigenvalue weighted by molar-refractivity contribution is 6.31. The van der Waals surface area contributed by atoms with Gasteiger partial charge in [-0.2, -0.15) is 4.98 Å². The van der Waals surface area contributed by atoms with E-state index in [1.165, 1.54) is 12.3 Å². The van der Waals surface area contributed by atoms with Crippen LogP contribution in [-0.4, -0.2) is 43.4 Å². The van der Waals surface area contributed by atoms with E-state index in [9.17, 15) is 25.0 Å². The third kappa shape index (κ3) is 7.49. The number of H-pyrrole nitrogens is 1. The largest absolute Gasteiger partial charge is 0.370 e. The molecule has 16 heteroatoms. The first-order valence-corrected chi connectivity index (χ1v) is 15.0. The van der Waals surface area contributed by atoms with E-state index in [1.54, 1.807) is 24.3 Å². The summed E-state index contributed by atoms with van der Waals surface area (Å²) in [6.45, 7) is 7.11. The highest BCUT2D eigenvalue weighted by Crippen LogP contribution is 2.45. The summed E-state index contributed by atoms with van der Waals surface area (Å²) in [6, 6.07) is 8.04. The summed E-state index contributed by atoms with van der Waals surface area (Å²) < 4.78 is 16.7. The minimum atomic E-state index is -1.19. The van der Waals surface area contributed by atoms with Gasteiger partial charge >= 0.3 is 11.4 Å². The minimum absolute atomic E-state index is 0.0346. The molecule has 6 N–H and O–H groups in total. The maximum absolute atomic E-state index is 15.6. The first-order valence-electron chi connectivity index (χ1n) is 14.6. The summed E-state index contributed by atoms with van der Waals surface area (Å²) >= 11 is 6.17. The summed E-state index contributed by atoms with van der Waals surface area (Å²) in [6.07, 6.45) is 3.45. The highest BCUT2D eigenvalue weighted by Gasteiger charge is 2.35. The number of aromatic nitrogens is 3. The van der Waals surface area contributed by atoms with Crippen LogP contribution in [-0.2, 0) is 6.42 Å². The van der Waals surface area contributed by atoms with Crippen LogP contribution in [0.1, 0.15) is 57.2 Å². The lowest BCUT2D eigenvalue weighted by atomic mass is 9.97. The van der Waals surface area contributed by atoms with E-state index >= 15 is 4.39 Å². The molecule has 0 aliphatic rings. The lowest BCUT2D eigenvalue weighted by Crippen LogP contribution is -2.24. The first kappa shape index (κ1) is 34.0. The topological polar surface area (TPSA) is 213 Å². The van der Waals surface area contributed by atoms with Crippen molar-refractivity contribution >= 4 is 40.0 Å². The van der Waals surface area contributed by atoms with E-state index in [0.29, 0.717) is 31.1 Å². The molecule has 1 atom stereocenters. The molecule has 244 valence electrons. The molecule has 0 spiro atoms. The summed E-state index contributed by atoms with van der Waals surface area (Å²) in [5.41, 5.74) is 8.61. The van der Waals surface area contributed by atoms with Crippen LogP contribution in [0.2, 0.25) is 5.02 Å². The van der Waals surface area contributed by atoms with Crippen LogP contribution in [0, 0.1) is 32.0 Å². The molecule has 2 aromatic carbocycles. The second kappa shape index (κ2) is 14.5. The minimum Gasteiger partial charge on any atom is -0.370 e. The number of fused-ring (bicyclic) bond motifs is 1. The van der Waals surface area contributed by atoms with Crippen molar-refractivity contribution in [3.8, 4) is 16.9 Å². The zero-order valence-corrected chi connectivity index (χ0v) is 26.3. The molecule has 2 heterocycles. The molecule has 2 aromatic heterocycles. The van der Waals surface area contributed by atoms with E-state index in [4.69, 9.17) is 23.1 Å². The van der Waals surface area contributed by atoms with E-state index < -0.39 is 49.0 Å². The molecular weight excluding hydrogens is 621 g/mol. The standard InChI is InChI=1S/C30H35ClFN9O5/c1-16(2)6-4-7-19-14-22(31)24(32)23(26(19)40(43)44)25-27(41(45)46)21-15-39(30(42)38-28(21)37-25)20-10-8-18(9-11-20)17(3)35-12-5-13-36-29(33)34/h8-11,14-17,35H,4-7,12-13H2,1-3H3,(H4,33,34,36)(H,37,38,42)/t17-/m0/s1. The van der Waals surface area contributed by atoms with E-state index in [2.05, 4.69) is 20.3 Å². The van der Waals surface area contributed by atoms with Gasteiger partial charge in [0.05, 0.1) is 20.6 Å². The van der Waals surface area contributed by atoms with Crippen LogP contribution < -0.4 is 22.5 Å².